The highest BCUT2D eigenvalue weighted by Gasteiger charge is 2.28. The van der Waals surface area contributed by atoms with Gasteiger partial charge in [0.15, 0.2) is 0 Å². The molecule has 0 radical (unpaired) electrons. The molecule has 0 aromatic carbocycles. The van der Waals surface area contributed by atoms with E-state index in [-0.39, 0.29) is 11.8 Å². The second-order valence-corrected chi connectivity index (χ2v) is 5.45. The Balaban J connectivity index is 1.94. The molecule has 1 aliphatic rings. The number of hydrazone groups is 1. The SMILES string of the molecule is CCN(CC)CCN1CCN(N=Cc2ncc([N+](=O)[O-])n2C)C1=O. The van der Waals surface area contributed by atoms with Gasteiger partial charge in [-0.15, -0.1) is 0 Å². The zero-order valence-electron chi connectivity index (χ0n) is 14.3. The molecule has 24 heavy (non-hydrogen) atoms. The van der Waals surface area contributed by atoms with E-state index in [9.17, 15) is 14.9 Å². The summed E-state index contributed by atoms with van der Waals surface area (Å²) in [6, 6.07) is -0.151. The zero-order chi connectivity index (χ0) is 17.7. The van der Waals surface area contributed by atoms with Crippen LogP contribution in [-0.2, 0) is 7.05 Å². The molecule has 0 unspecified atom stereocenters. The smallest absolute Gasteiger partial charge is 0.342 e. The number of nitro groups is 1. The van der Waals surface area contributed by atoms with Gasteiger partial charge in [-0.2, -0.15) is 5.10 Å². The zero-order valence-corrected chi connectivity index (χ0v) is 14.3. The highest BCUT2D eigenvalue weighted by molar-refractivity contribution is 5.80. The van der Waals surface area contributed by atoms with Crippen molar-refractivity contribution in [2.75, 3.05) is 39.3 Å². The first kappa shape index (κ1) is 17.9. The van der Waals surface area contributed by atoms with Crippen LogP contribution in [0.3, 0.4) is 0 Å². The van der Waals surface area contributed by atoms with E-state index in [1.807, 2.05) is 0 Å². The van der Waals surface area contributed by atoms with Crippen molar-refractivity contribution >= 4 is 18.1 Å². The van der Waals surface area contributed by atoms with Gasteiger partial charge in [0.2, 0.25) is 5.82 Å². The molecule has 0 aliphatic carbocycles. The number of urea groups is 1. The molecule has 1 fully saturated rings. The quantitative estimate of drug-likeness (QED) is 0.396. The standard InChI is InChI=1S/C14H23N7O3/c1-4-18(5-2)6-7-19-8-9-20(14(19)22)16-10-12-15-11-13(17(12)3)21(23)24/h10-11H,4-9H2,1-3H3. The number of nitrogens with zero attached hydrogens (tertiary/aromatic N) is 7. The van der Waals surface area contributed by atoms with Crippen molar-refractivity contribution in [3.8, 4) is 0 Å². The lowest BCUT2D eigenvalue weighted by molar-refractivity contribution is -0.391. The van der Waals surface area contributed by atoms with Crippen LogP contribution in [0.25, 0.3) is 0 Å². The molecule has 10 heteroatoms. The summed E-state index contributed by atoms with van der Waals surface area (Å²) in [4.78, 5) is 30.5. The Labute approximate surface area is 140 Å². The number of hydrogen-bond acceptors (Lipinski definition) is 6. The van der Waals surface area contributed by atoms with E-state index >= 15 is 0 Å². The third-order valence-electron chi connectivity index (χ3n) is 4.15. The summed E-state index contributed by atoms with van der Waals surface area (Å²) in [6.45, 7) is 8.73. The van der Waals surface area contributed by atoms with E-state index in [4.69, 9.17) is 0 Å². The topological polar surface area (TPSA) is 100 Å². The molecule has 1 aromatic heterocycles. The summed E-state index contributed by atoms with van der Waals surface area (Å²) in [5, 5.41) is 16.3. The van der Waals surface area contributed by atoms with Crippen molar-refractivity contribution in [2.24, 2.45) is 12.1 Å². The number of rotatable bonds is 8. The van der Waals surface area contributed by atoms with Gasteiger partial charge in [0, 0.05) is 19.6 Å². The third-order valence-corrected chi connectivity index (χ3v) is 4.15. The van der Waals surface area contributed by atoms with E-state index in [2.05, 4.69) is 28.8 Å². The van der Waals surface area contributed by atoms with Crippen molar-refractivity contribution in [1.29, 1.82) is 0 Å². The van der Waals surface area contributed by atoms with Crippen LogP contribution >= 0.6 is 0 Å². The number of aromatic nitrogens is 2. The maximum absolute atomic E-state index is 12.3. The van der Waals surface area contributed by atoms with Gasteiger partial charge in [0.05, 0.1) is 13.6 Å². The molecular formula is C14H23N7O3. The predicted octanol–water partition coefficient (Wildman–Crippen LogP) is 0.742. The van der Waals surface area contributed by atoms with Gasteiger partial charge in [0.1, 0.15) is 12.4 Å². The van der Waals surface area contributed by atoms with E-state index in [0.29, 0.717) is 25.5 Å². The molecule has 132 valence electrons. The Bertz CT molecular complexity index is 624. The molecule has 1 saturated heterocycles. The van der Waals surface area contributed by atoms with Gasteiger partial charge in [-0.25, -0.2) is 19.4 Å². The lowest BCUT2D eigenvalue weighted by atomic mass is 10.4. The molecule has 0 atom stereocenters. The molecule has 10 nitrogen and oxygen atoms in total. The molecule has 0 bridgehead atoms. The van der Waals surface area contributed by atoms with Crippen molar-refractivity contribution in [3.63, 3.8) is 0 Å². The maximum Gasteiger partial charge on any atom is 0.342 e. The number of carbonyl (C=O) groups excluding carboxylic acids is 1. The predicted molar refractivity (Wildman–Crippen MR) is 88.9 cm³/mol. The first-order chi connectivity index (χ1) is 11.5. The van der Waals surface area contributed by atoms with Gasteiger partial charge in [-0.3, -0.25) is 0 Å². The minimum absolute atomic E-state index is 0.120. The van der Waals surface area contributed by atoms with Crippen LogP contribution in [-0.4, -0.2) is 80.8 Å². The number of likely N-dealkylation sites (N-methyl/N-ethyl adjacent to an activating group) is 1. The summed E-state index contributed by atoms with van der Waals surface area (Å²) in [7, 11) is 1.54. The normalized spacial score (nSPS) is 15.2. The fourth-order valence-corrected chi connectivity index (χ4v) is 2.51. The van der Waals surface area contributed by atoms with Crippen LogP contribution in [0.15, 0.2) is 11.3 Å². The van der Waals surface area contributed by atoms with Crippen LogP contribution in [0.4, 0.5) is 10.6 Å². The Kier molecular flexibility index (Phi) is 5.85. The minimum atomic E-state index is -0.514. The van der Waals surface area contributed by atoms with Crippen molar-refractivity contribution in [2.45, 2.75) is 13.8 Å². The average molecular weight is 337 g/mol. The number of hydrogen-bond donors (Lipinski definition) is 0. The van der Waals surface area contributed by atoms with Crippen molar-refractivity contribution in [3.05, 3.63) is 22.1 Å². The first-order valence-electron chi connectivity index (χ1n) is 7.96. The number of imidazole rings is 1. The molecular weight excluding hydrogens is 314 g/mol. The van der Waals surface area contributed by atoms with Crippen LogP contribution in [0.2, 0.25) is 0 Å². The lowest BCUT2D eigenvalue weighted by Crippen LogP contribution is -2.37. The van der Waals surface area contributed by atoms with E-state index < -0.39 is 4.92 Å². The molecule has 2 rings (SSSR count). The third kappa shape index (κ3) is 3.88. The van der Waals surface area contributed by atoms with Crippen LogP contribution in [0.1, 0.15) is 19.7 Å². The molecule has 2 heterocycles. The van der Waals surface area contributed by atoms with Crippen molar-refractivity contribution in [1.82, 2.24) is 24.4 Å². The summed E-state index contributed by atoms with van der Waals surface area (Å²) >= 11 is 0. The van der Waals surface area contributed by atoms with E-state index in [1.54, 1.807) is 4.90 Å². The van der Waals surface area contributed by atoms with Gasteiger partial charge in [-0.05, 0) is 18.0 Å². The van der Waals surface area contributed by atoms with Gasteiger partial charge in [-0.1, -0.05) is 13.8 Å². The van der Waals surface area contributed by atoms with Gasteiger partial charge < -0.3 is 19.9 Å². The highest BCUT2D eigenvalue weighted by atomic mass is 16.6. The molecule has 1 aromatic rings. The summed E-state index contributed by atoms with van der Waals surface area (Å²) in [6.07, 6.45) is 2.54. The summed E-state index contributed by atoms with van der Waals surface area (Å²) < 4.78 is 1.32. The number of amides is 2. The fourth-order valence-electron chi connectivity index (χ4n) is 2.51. The Hall–Kier alpha value is -2.49. The fraction of sp³-hybridized carbons (Fsp3) is 0.643. The molecule has 2 amide bonds. The van der Waals surface area contributed by atoms with Gasteiger partial charge >= 0.3 is 11.8 Å². The molecule has 1 aliphatic heterocycles. The molecule has 0 N–H and O–H groups in total. The van der Waals surface area contributed by atoms with Crippen LogP contribution in [0, 0.1) is 10.1 Å². The molecule has 0 spiro atoms. The Morgan fingerprint density at radius 1 is 1.42 bits per heavy atom. The second kappa shape index (κ2) is 7.86. The highest BCUT2D eigenvalue weighted by Crippen LogP contribution is 2.12. The largest absolute Gasteiger partial charge is 0.358 e. The molecule has 0 saturated carbocycles. The first-order valence-corrected chi connectivity index (χ1v) is 7.96. The summed E-state index contributed by atoms with van der Waals surface area (Å²) in [5.74, 6) is 0.209. The van der Waals surface area contributed by atoms with E-state index in [1.165, 1.54) is 29.0 Å². The number of carbonyl (C=O) groups is 1. The monoisotopic (exact) mass is 337 g/mol. The lowest BCUT2D eigenvalue weighted by Gasteiger charge is -2.22. The average Bonchev–Trinajstić information content (AvgIpc) is 3.10. The van der Waals surface area contributed by atoms with Crippen molar-refractivity contribution < 1.29 is 9.72 Å². The van der Waals surface area contributed by atoms with Gasteiger partial charge in [0.25, 0.3) is 0 Å². The minimum Gasteiger partial charge on any atom is -0.358 e. The van der Waals surface area contributed by atoms with E-state index in [0.717, 1.165) is 19.6 Å². The summed E-state index contributed by atoms with van der Waals surface area (Å²) in [5.41, 5.74) is 0. The van der Waals surface area contributed by atoms with Crippen LogP contribution in [0.5, 0.6) is 0 Å². The Morgan fingerprint density at radius 3 is 2.71 bits per heavy atom. The van der Waals surface area contributed by atoms with Crippen LogP contribution < -0.4 is 0 Å². The maximum atomic E-state index is 12.3. The Morgan fingerprint density at radius 2 is 2.12 bits per heavy atom. The second-order valence-electron chi connectivity index (χ2n) is 5.45.